The van der Waals surface area contributed by atoms with Crippen molar-refractivity contribution in [2.75, 3.05) is 37.8 Å². The van der Waals surface area contributed by atoms with Crippen molar-refractivity contribution in [2.24, 2.45) is 21.3 Å². The predicted octanol–water partition coefficient (Wildman–Crippen LogP) is -2.10. The lowest BCUT2D eigenvalue weighted by Crippen LogP contribution is -2.45. The van der Waals surface area contributed by atoms with Crippen molar-refractivity contribution in [3.05, 3.63) is 24.8 Å². The zero-order valence-corrected chi connectivity index (χ0v) is 33.1. The molecule has 0 aromatic carbocycles. The Morgan fingerprint density at radius 2 is 1.80 bits per heavy atom. The average molecular weight is 860 g/mol. The van der Waals surface area contributed by atoms with Crippen molar-refractivity contribution in [1.29, 1.82) is 0 Å². The lowest BCUT2D eigenvalue weighted by atomic mass is 9.87. The number of ether oxygens (including phenoxy) is 1. The van der Waals surface area contributed by atoms with Crippen molar-refractivity contribution in [2.45, 2.75) is 64.8 Å². The molecule has 3 heterocycles. The van der Waals surface area contributed by atoms with Crippen molar-refractivity contribution in [3.63, 3.8) is 0 Å². The van der Waals surface area contributed by atoms with Crippen LogP contribution in [0.1, 0.15) is 40.3 Å². The quantitative estimate of drug-likeness (QED) is 0.0295. The highest BCUT2D eigenvalue weighted by Crippen LogP contribution is 2.61. The van der Waals surface area contributed by atoms with Gasteiger partial charge in [-0.2, -0.15) is 4.31 Å². The molecule has 55 heavy (non-hydrogen) atoms. The van der Waals surface area contributed by atoms with Crippen molar-refractivity contribution in [3.8, 4) is 0 Å². The molecule has 6 N–H and O–H groups in total. The van der Waals surface area contributed by atoms with Gasteiger partial charge in [0.05, 0.1) is 33.5 Å². The first-order valence-electron chi connectivity index (χ1n) is 16.0. The van der Waals surface area contributed by atoms with Crippen LogP contribution in [0.2, 0.25) is 0 Å². The highest BCUT2D eigenvalue weighted by atomic mass is 32.2. The molecule has 0 bridgehead atoms. The number of hydrogen-bond acceptors (Lipinski definition) is 22. The zero-order chi connectivity index (χ0) is 41.4. The van der Waals surface area contributed by atoms with Crippen LogP contribution in [-0.2, 0) is 41.1 Å². The van der Waals surface area contributed by atoms with E-state index in [0.717, 1.165) is 29.0 Å². The minimum absolute atomic E-state index is 0.00436. The van der Waals surface area contributed by atoms with Gasteiger partial charge in [0.25, 0.3) is 0 Å². The summed E-state index contributed by atoms with van der Waals surface area (Å²) in [4.78, 5) is 73.9. The molecule has 0 spiro atoms. The number of rotatable bonds is 21. The van der Waals surface area contributed by atoms with E-state index in [1.165, 1.54) is 19.9 Å². The van der Waals surface area contributed by atoms with Crippen LogP contribution in [-0.4, -0.2) is 113 Å². The first kappa shape index (κ1) is 46.7. The van der Waals surface area contributed by atoms with Crippen molar-refractivity contribution < 1.29 is 81.1 Å². The van der Waals surface area contributed by atoms with Gasteiger partial charge in [-0.1, -0.05) is 45.5 Å². The number of carbonyl (C=O) groups is 1. The number of aliphatic hydroxyl groups is 2. The van der Waals surface area contributed by atoms with Gasteiger partial charge >= 0.3 is 15.6 Å². The molecule has 28 heteroatoms. The Kier molecular flexibility index (Phi) is 16.7. The summed E-state index contributed by atoms with van der Waals surface area (Å²) in [5.74, 6) is -1.33. The zero-order valence-electron chi connectivity index (χ0n) is 29.6. The fourth-order valence-electron chi connectivity index (χ4n) is 4.49. The van der Waals surface area contributed by atoms with Gasteiger partial charge in [-0.05, 0) is 30.2 Å². The fourth-order valence-corrected chi connectivity index (χ4v) is 7.86. The van der Waals surface area contributed by atoms with Crippen LogP contribution < -0.4 is 25.7 Å². The van der Waals surface area contributed by atoms with Crippen LogP contribution in [0.25, 0.3) is 11.2 Å². The van der Waals surface area contributed by atoms with Crippen LogP contribution in [0.15, 0.2) is 34.8 Å². The number of allylic oxidation sites excluding steroid dienone is 1. The molecule has 1 saturated heterocycles. The van der Waals surface area contributed by atoms with E-state index < -0.39 is 84.5 Å². The van der Waals surface area contributed by atoms with Gasteiger partial charge in [-0.15, -0.1) is 0 Å². The Balaban J connectivity index is 1.54. The third-order valence-electron chi connectivity index (χ3n) is 7.24. The van der Waals surface area contributed by atoms with Crippen LogP contribution in [0.3, 0.4) is 0 Å². The minimum atomic E-state index is -5.83. The number of thioether (sulfide) groups is 1. The maximum Gasteiger partial charge on any atom is 0.481 e. The number of fused-ring (bicyclic) bond motifs is 1. The average Bonchev–Trinajstić information content (AvgIpc) is 3.63. The first-order valence-corrected chi connectivity index (χ1v) is 21.4. The molecule has 0 radical (unpaired) electrons. The number of nitrogens with zero attached hydrogens (tertiary/aromatic N) is 6. The summed E-state index contributed by atoms with van der Waals surface area (Å²) < 4.78 is 61.3. The lowest BCUT2D eigenvalue weighted by Gasteiger charge is -2.34. The molecule has 7 atom stereocenters. The van der Waals surface area contributed by atoms with Crippen LogP contribution in [0, 0.1) is 11.3 Å². The molecule has 24 nitrogen and oxygen atoms in total. The number of aliphatic hydroxyl groups excluding tert-OH is 2. The summed E-state index contributed by atoms with van der Waals surface area (Å²) in [6, 6.07) is 0. The highest BCUT2D eigenvalue weighted by molar-refractivity contribution is 8.14. The largest absolute Gasteiger partial charge is 0.862 e. The van der Waals surface area contributed by atoms with Crippen molar-refractivity contribution >= 4 is 69.1 Å². The van der Waals surface area contributed by atoms with E-state index in [-0.39, 0.29) is 53.3 Å². The van der Waals surface area contributed by atoms with Gasteiger partial charge < -0.3 is 69.5 Å². The second-order valence-corrected chi connectivity index (χ2v) is 17.9. The Bertz CT molecular complexity index is 1870. The molecule has 1 aliphatic rings. The van der Waals surface area contributed by atoms with E-state index >= 15 is 0 Å². The molecule has 1 fully saturated rings. The first-order chi connectivity index (χ1) is 25.4. The minimum Gasteiger partial charge on any atom is -0.862 e. The second-order valence-electron chi connectivity index (χ2n) is 12.7. The van der Waals surface area contributed by atoms with E-state index in [9.17, 15) is 58.5 Å². The number of phosphoric acid groups is 3. The standard InChI is InChI=1S/C27H44N7O17P3S/c1-15(2)5-6-18(36)55-10-9-29-17(35)7-8-30-25(39)22(38)27(3,4)12-48-54(45,46)51-53(43,44)47-11-16-21(50-52(40,41)42)20(37)26(49-16)34-14-33-19-23(28)31-13-32-24(19)34/h5-6,13-16,20-22,26,37-38H,7-12H2,1-4H3,(H,29,35)(H,30,39)(H,43,44)(H,45,46)(H2,28,31,32)(H2,40,41,42)/p-4/t16-,20-,21-,22+,26-/m1/s1. The molecule has 2 aromatic rings. The third-order valence-corrected chi connectivity index (χ3v) is 11.1. The lowest BCUT2D eigenvalue weighted by molar-refractivity contribution is -0.347. The van der Waals surface area contributed by atoms with Gasteiger partial charge in [-0.3, -0.25) is 18.4 Å². The normalized spacial score (nSPS) is 23.0. The van der Waals surface area contributed by atoms with E-state index in [4.69, 9.17) is 15.0 Å². The van der Waals surface area contributed by atoms with Crippen LogP contribution >= 0.6 is 35.2 Å². The second kappa shape index (κ2) is 19.6. The number of hydrogen-bond donors (Lipinski definition) is 5. The SMILES string of the molecule is CC(C)C=CC(=O)SCCN=C([O-])CCN=C([O-])[C@H](O)C(C)(C)COP(=O)(O)OP(=O)(O)OC[C@H]1O[C@@H](n2cnc3c(N)ncnc32)[C@H](O)[C@@H]1OP(=O)([O-])[O-]. The number of nitrogen functional groups attached to an aromatic ring is 1. The smallest absolute Gasteiger partial charge is 0.481 e. The van der Waals surface area contributed by atoms with Gasteiger partial charge in [0.2, 0.25) is 5.12 Å². The predicted molar refractivity (Wildman–Crippen MR) is 185 cm³/mol. The summed E-state index contributed by atoms with van der Waals surface area (Å²) in [5.41, 5.74) is 4.13. The summed E-state index contributed by atoms with van der Waals surface area (Å²) in [6.45, 7) is 3.82. The van der Waals surface area contributed by atoms with Crippen LogP contribution in [0.5, 0.6) is 0 Å². The molecule has 2 unspecified atom stereocenters. The molecule has 2 aromatic heterocycles. The van der Waals surface area contributed by atoms with Gasteiger partial charge in [0.1, 0.15) is 30.2 Å². The van der Waals surface area contributed by atoms with Crippen LogP contribution in [0.4, 0.5) is 5.82 Å². The molecule has 0 saturated carbocycles. The summed E-state index contributed by atoms with van der Waals surface area (Å²) in [6.07, 6.45) is -4.35. The Hall–Kier alpha value is -2.70. The monoisotopic (exact) mass is 859 g/mol. The highest BCUT2D eigenvalue weighted by Gasteiger charge is 2.48. The Morgan fingerprint density at radius 3 is 2.45 bits per heavy atom. The van der Waals surface area contributed by atoms with Gasteiger partial charge in [0.15, 0.2) is 17.7 Å². The van der Waals surface area contributed by atoms with E-state index in [2.05, 4.69) is 38.3 Å². The molecule has 310 valence electrons. The fraction of sp³-hybridized carbons (Fsp3) is 0.630. The topological polar surface area (TPSA) is 382 Å². The number of nitrogens with two attached hydrogens (primary N) is 1. The number of phosphoric ester groups is 3. The molecule has 3 rings (SSSR count). The maximum absolute atomic E-state index is 12.6. The maximum atomic E-state index is 12.6. The van der Waals surface area contributed by atoms with E-state index in [0.29, 0.717) is 0 Å². The van der Waals surface area contributed by atoms with E-state index in [1.54, 1.807) is 6.08 Å². The number of carbonyl (C=O) groups excluding carboxylic acids is 1. The Morgan fingerprint density at radius 1 is 1.13 bits per heavy atom. The molecule has 0 aliphatic carbocycles. The van der Waals surface area contributed by atoms with Crippen molar-refractivity contribution in [1.82, 2.24) is 19.5 Å². The van der Waals surface area contributed by atoms with Gasteiger partial charge in [-0.25, -0.2) is 24.1 Å². The molecular formula is C27H40N7O17P3S-4. The summed E-state index contributed by atoms with van der Waals surface area (Å²) in [5, 5.41) is 45.5. The summed E-state index contributed by atoms with van der Waals surface area (Å²) >= 11 is 0.983. The van der Waals surface area contributed by atoms with Gasteiger partial charge in [0, 0.05) is 24.3 Å². The number of aliphatic imine (C=N–C) groups is 2. The summed E-state index contributed by atoms with van der Waals surface area (Å²) in [7, 11) is -17.0. The number of imidazole rings is 1. The molecule has 1 aliphatic heterocycles. The molecular weight excluding hydrogens is 819 g/mol. The Labute approximate surface area is 318 Å². The number of aromatic nitrogens is 4. The van der Waals surface area contributed by atoms with E-state index in [1.807, 2.05) is 13.8 Å². The number of anilines is 1. The third kappa shape index (κ3) is 14.6. The molecule has 0 amide bonds.